The first kappa shape index (κ1) is 14.4. The first-order chi connectivity index (χ1) is 7.97. The number of thiol groups is 1. The maximum Gasteiger partial charge on any atom is 0.416 e. The molecule has 1 aliphatic rings. The molecule has 2 atom stereocenters. The van der Waals surface area contributed by atoms with E-state index < -0.39 is 6.09 Å². The zero-order chi connectivity index (χ0) is 13.0. The van der Waals surface area contributed by atoms with Crippen LogP contribution in [0.2, 0.25) is 0 Å². The Balaban J connectivity index is 2.62. The largest absolute Gasteiger partial charge is 0.447 e. The standard InChI is InChI=1S/C12H21NO3S/c1-4-5-9(17)6-11(14)13-10(8(2)3)7-16-12(13)15/h8-10,17H,4-7H2,1-3H3/t9-,10+/m0/s1. The Kier molecular flexibility index (Phi) is 5.31. The van der Waals surface area contributed by atoms with Crippen LogP contribution in [0.1, 0.15) is 40.0 Å². The van der Waals surface area contributed by atoms with E-state index in [4.69, 9.17) is 4.74 Å². The van der Waals surface area contributed by atoms with Crippen molar-refractivity contribution in [1.82, 2.24) is 4.90 Å². The van der Waals surface area contributed by atoms with E-state index in [1.165, 1.54) is 4.90 Å². The Morgan fingerprint density at radius 2 is 2.24 bits per heavy atom. The molecule has 1 heterocycles. The molecule has 1 fully saturated rings. The summed E-state index contributed by atoms with van der Waals surface area (Å²) in [6, 6.07) is -0.128. The van der Waals surface area contributed by atoms with E-state index >= 15 is 0 Å². The monoisotopic (exact) mass is 259 g/mol. The summed E-state index contributed by atoms with van der Waals surface area (Å²) >= 11 is 4.35. The topological polar surface area (TPSA) is 46.6 Å². The molecule has 5 heteroatoms. The van der Waals surface area contributed by atoms with Crippen molar-refractivity contribution in [3.05, 3.63) is 0 Å². The molecule has 1 saturated heterocycles. The smallest absolute Gasteiger partial charge is 0.416 e. The van der Waals surface area contributed by atoms with E-state index in [1.54, 1.807) is 0 Å². The van der Waals surface area contributed by atoms with Gasteiger partial charge in [0.1, 0.15) is 6.61 Å². The molecule has 0 aliphatic carbocycles. The van der Waals surface area contributed by atoms with Crippen LogP contribution in [0.4, 0.5) is 4.79 Å². The number of rotatable bonds is 5. The Morgan fingerprint density at radius 1 is 1.59 bits per heavy atom. The second kappa shape index (κ2) is 6.28. The van der Waals surface area contributed by atoms with Gasteiger partial charge >= 0.3 is 6.09 Å². The zero-order valence-corrected chi connectivity index (χ0v) is 11.6. The van der Waals surface area contributed by atoms with Gasteiger partial charge in [0.15, 0.2) is 0 Å². The molecule has 0 radical (unpaired) electrons. The average Bonchev–Trinajstić information content (AvgIpc) is 2.60. The van der Waals surface area contributed by atoms with E-state index in [0.29, 0.717) is 13.0 Å². The minimum absolute atomic E-state index is 0.0220. The molecule has 2 amide bonds. The van der Waals surface area contributed by atoms with Gasteiger partial charge in [0.2, 0.25) is 5.91 Å². The first-order valence-corrected chi connectivity index (χ1v) is 6.65. The fourth-order valence-electron chi connectivity index (χ4n) is 1.95. The number of ether oxygens (including phenoxy) is 1. The Bertz CT molecular complexity index is 293. The number of carbonyl (C=O) groups excluding carboxylic acids is 2. The first-order valence-electron chi connectivity index (χ1n) is 6.14. The average molecular weight is 259 g/mol. The molecular weight excluding hydrogens is 238 g/mol. The quantitative estimate of drug-likeness (QED) is 0.772. The van der Waals surface area contributed by atoms with Crippen LogP contribution in [0.3, 0.4) is 0 Å². The lowest BCUT2D eigenvalue weighted by Gasteiger charge is -2.23. The summed E-state index contributed by atoms with van der Waals surface area (Å²) in [5.41, 5.74) is 0. The summed E-state index contributed by atoms with van der Waals surface area (Å²) in [7, 11) is 0. The van der Waals surface area contributed by atoms with Crippen molar-refractivity contribution >= 4 is 24.6 Å². The second-order valence-corrected chi connectivity index (χ2v) is 5.53. The van der Waals surface area contributed by atoms with Crippen LogP contribution in [0, 0.1) is 5.92 Å². The molecular formula is C12H21NO3S. The molecule has 0 aromatic heterocycles. The van der Waals surface area contributed by atoms with Gasteiger partial charge in [0, 0.05) is 11.7 Å². The summed E-state index contributed by atoms with van der Waals surface area (Å²) in [6.07, 6.45) is 1.66. The third-order valence-electron chi connectivity index (χ3n) is 2.98. The molecule has 1 aliphatic heterocycles. The third kappa shape index (κ3) is 3.63. The predicted octanol–water partition coefficient (Wildman–Crippen LogP) is 2.48. The van der Waals surface area contributed by atoms with E-state index in [1.807, 2.05) is 13.8 Å². The van der Waals surface area contributed by atoms with Gasteiger partial charge < -0.3 is 4.74 Å². The van der Waals surface area contributed by atoms with Gasteiger partial charge in [0.05, 0.1) is 6.04 Å². The summed E-state index contributed by atoms with van der Waals surface area (Å²) in [5, 5.41) is 0.0220. The van der Waals surface area contributed by atoms with Gasteiger partial charge in [-0.1, -0.05) is 27.2 Å². The Hall–Kier alpha value is -0.710. The van der Waals surface area contributed by atoms with Crippen molar-refractivity contribution in [3.63, 3.8) is 0 Å². The highest BCUT2D eigenvalue weighted by Crippen LogP contribution is 2.22. The highest BCUT2D eigenvalue weighted by Gasteiger charge is 2.39. The maximum absolute atomic E-state index is 12.0. The molecule has 1 rings (SSSR count). The Labute approximate surface area is 108 Å². The summed E-state index contributed by atoms with van der Waals surface area (Å²) in [6.45, 7) is 6.33. The SMILES string of the molecule is CCC[C@H](S)CC(=O)N1C(=O)OC[C@@H]1C(C)C. The molecule has 0 spiro atoms. The molecule has 98 valence electrons. The number of amides is 2. The van der Waals surface area contributed by atoms with Crippen molar-refractivity contribution in [2.45, 2.75) is 51.3 Å². The third-order valence-corrected chi connectivity index (χ3v) is 3.42. The number of carbonyl (C=O) groups is 2. The van der Waals surface area contributed by atoms with Gasteiger partial charge in [-0.25, -0.2) is 9.69 Å². The minimum atomic E-state index is -0.509. The lowest BCUT2D eigenvalue weighted by atomic mass is 10.0. The molecule has 0 aromatic rings. The lowest BCUT2D eigenvalue weighted by molar-refractivity contribution is -0.129. The minimum Gasteiger partial charge on any atom is -0.447 e. The van der Waals surface area contributed by atoms with E-state index in [-0.39, 0.29) is 23.1 Å². The maximum atomic E-state index is 12.0. The van der Waals surface area contributed by atoms with Crippen molar-refractivity contribution in [3.8, 4) is 0 Å². The van der Waals surface area contributed by atoms with Crippen LogP contribution in [0.15, 0.2) is 0 Å². The van der Waals surface area contributed by atoms with E-state index in [9.17, 15) is 9.59 Å². The molecule has 0 saturated carbocycles. The highest BCUT2D eigenvalue weighted by atomic mass is 32.1. The highest BCUT2D eigenvalue weighted by molar-refractivity contribution is 7.81. The fourth-order valence-corrected chi connectivity index (χ4v) is 2.36. The number of nitrogens with zero attached hydrogens (tertiary/aromatic N) is 1. The normalized spacial score (nSPS) is 21.8. The second-order valence-electron chi connectivity index (χ2n) is 4.80. The van der Waals surface area contributed by atoms with Crippen molar-refractivity contribution in [2.75, 3.05) is 6.61 Å². The summed E-state index contributed by atoms with van der Waals surface area (Å²) in [5.74, 6) is 0.0505. The lowest BCUT2D eigenvalue weighted by Crippen LogP contribution is -2.42. The summed E-state index contributed by atoms with van der Waals surface area (Å²) in [4.78, 5) is 24.8. The van der Waals surface area contributed by atoms with Crippen molar-refractivity contribution < 1.29 is 14.3 Å². The fraction of sp³-hybridized carbons (Fsp3) is 0.833. The number of hydrogen-bond acceptors (Lipinski definition) is 4. The molecule has 0 N–H and O–H groups in total. The van der Waals surface area contributed by atoms with Gasteiger partial charge in [-0.15, -0.1) is 0 Å². The van der Waals surface area contributed by atoms with Crippen molar-refractivity contribution in [2.24, 2.45) is 5.92 Å². The Morgan fingerprint density at radius 3 is 2.76 bits per heavy atom. The molecule has 0 aromatic carbocycles. The van der Waals surface area contributed by atoms with Crippen LogP contribution >= 0.6 is 12.6 Å². The van der Waals surface area contributed by atoms with E-state index in [2.05, 4.69) is 19.6 Å². The van der Waals surface area contributed by atoms with Crippen LogP contribution in [-0.2, 0) is 9.53 Å². The molecule has 0 bridgehead atoms. The summed E-state index contributed by atoms with van der Waals surface area (Å²) < 4.78 is 4.94. The van der Waals surface area contributed by atoms with Crippen molar-refractivity contribution in [1.29, 1.82) is 0 Å². The van der Waals surface area contributed by atoms with Gasteiger partial charge in [-0.3, -0.25) is 4.79 Å². The molecule has 17 heavy (non-hydrogen) atoms. The van der Waals surface area contributed by atoms with Crippen LogP contribution in [0.25, 0.3) is 0 Å². The zero-order valence-electron chi connectivity index (χ0n) is 10.7. The number of hydrogen-bond donors (Lipinski definition) is 1. The number of imide groups is 1. The van der Waals surface area contributed by atoms with Crippen LogP contribution in [0.5, 0.6) is 0 Å². The van der Waals surface area contributed by atoms with Crippen LogP contribution < -0.4 is 0 Å². The molecule has 0 unspecified atom stereocenters. The van der Waals surface area contributed by atoms with Gasteiger partial charge in [-0.2, -0.15) is 12.6 Å². The predicted molar refractivity (Wildman–Crippen MR) is 69.1 cm³/mol. The van der Waals surface area contributed by atoms with Gasteiger partial charge in [-0.05, 0) is 12.3 Å². The van der Waals surface area contributed by atoms with Gasteiger partial charge in [0.25, 0.3) is 0 Å². The van der Waals surface area contributed by atoms with Crippen LogP contribution in [-0.4, -0.2) is 34.8 Å². The molecule has 4 nitrogen and oxygen atoms in total. The van der Waals surface area contributed by atoms with E-state index in [0.717, 1.165) is 12.8 Å². The number of cyclic esters (lactones) is 1.